The van der Waals surface area contributed by atoms with Crippen molar-refractivity contribution in [3.8, 4) is 5.75 Å². The predicted molar refractivity (Wildman–Crippen MR) is 131 cm³/mol. The van der Waals surface area contributed by atoms with E-state index in [1.54, 1.807) is 31.4 Å². The number of hydrogen-bond acceptors (Lipinski definition) is 4. The van der Waals surface area contributed by atoms with Gasteiger partial charge >= 0.3 is 0 Å². The van der Waals surface area contributed by atoms with Crippen LogP contribution in [0.1, 0.15) is 27.5 Å². The van der Waals surface area contributed by atoms with Gasteiger partial charge in [-0.3, -0.25) is 15.0 Å². The molecule has 0 aliphatic carbocycles. The van der Waals surface area contributed by atoms with Crippen LogP contribution in [0.15, 0.2) is 84.9 Å². The second kappa shape index (κ2) is 10.4. The van der Waals surface area contributed by atoms with E-state index in [2.05, 4.69) is 63.6 Å². The Kier molecular flexibility index (Phi) is 7.14. The van der Waals surface area contributed by atoms with Gasteiger partial charge in [0, 0.05) is 31.7 Å². The first kappa shape index (κ1) is 22.0. The van der Waals surface area contributed by atoms with E-state index in [0.29, 0.717) is 16.4 Å². The first-order valence-corrected chi connectivity index (χ1v) is 11.1. The summed E-state index contributed by atoms with van der Waals surface area (Å²) >= 11 is 5.54. The maximum atomic E-state index is 12.6. The number of carbonyl (C=O) groups excluding carboxylic acids is 1. The summed E-state index contributed by atoms with van der Waals surface area (Å²) in [7, 11) is 1.60. The van der Waals surface area contributed by atoms with Gasteiger partial charge in [0.1, 0.15) is 5.75 Å². The van der Waals surface area contributed by atoms with Crippen molar-refractivity contribution in [2.75, 3.05) is 33.3 Å². The van der Waals surface area contributed by atoms with Gasteiger partial charge in [-0.25, -0.2) is 0 Å². The standard InChI is InChI=1S/C26H27N3O2S/c1-31-23-14-12-22(13-15-23)25(30)27-26(32)29-18-16-28(17-19-29)24(20-8-4-2-5-9-20)21-10-6-3-7-11-21/h2-15,24H,16-19H2,1H3,(H,27,30,32). The fourth-order valence-electron chi connectivity index (χ4n) is 4.06. The normalized spacial score (nSPS) is 14.2. The summed E-state index contributed by atoms with van der Waals surface area (Å²) in [6, 6.07) is 28.4. The number of rotatable bonds is 5. The molecule has 1 saturated heterocycles. The minimum Gasteiger partial charge on any atom is -0.497 e. The van der Waals surface area contributed by atoms with Crippen molar-refractivity contribution in [2.24, 2.45) is 0 Å². The van der Waals surface area contributed by atoms with Crippen LogP contribution in [0.4, 0.5) is 0 Å². The number of ether oxygens (including phenoxy) is 1. The lowest BCUT2D eigenvalue weighted by Crippen LogP contribution is -2.53. The average Bonchev–Trinajstić information content (AvgIpc) is 2.86. The lowest BCUT2D eigenvalue weighted by molar-refractivity contribution is 0.0967. The smallest absolute Gasteiger partial charge is 0.257 e. The van der Waals surface area contributed by atoms with Gasteiger partial charge in [0.2, 0.25) is 0 Å². The molecule has 1 fully saturated rings. The Hall–Kier alpha value is -3.22. The topological polar surface area (TPSA) is 44.8 Å². The van der Waals surface area contributed by atoms with Gasteiger partial charge in [-0.05, 0) is 47.6 Å². The SMILES string of the molecule is COc1ccc(C(=O)NC(=S)N2CCN(C(c3ccccc3)c3ccccc3)CC2)cc1. The first-order chi connectivity index (χ1) is 15.7. The molecule has 5 nitrogen and oxygen atoms in total. The fourth-order valence-corrected chi connectivity index (χ4v) is 4.33. The summed E-state index contributed by atoms with van der Waals surface area (Å²) < 4.78 is 5.15. The van der Waals surface area contributed by atoms with Gasteiger partial charge in [-0.2, -0.15) is 0 Å². The average molecular weight is 446 g/mol. The van der Waals surface area contributed by atoms with Crippen LogP contribution >= 0.6 is 12.2 Å². The van der Waals surface area contributed by atoms with Crippen LogP contribution in [0, 0.1) is 0 Å². The molecule has 3 aromatic carbocycles. The zero-order valence-electron chi connectivity index (χ0n) is 18.1. The number of carbonyl (C=O) groups is 1. The first-order valence-electron chi connectivity index (χ1n) is 10.7. The molecule has 1 heterocycles. The van der Waals surface area contributed by atoms with Crippen LogP contribution < -0.4 is 10.1 Å². The van der Waals surface area contributed by atoms with E-state index >= 15 is 0 Å². The summed E-state index contributed by atoms with van der Waals surface area (Å²) in [4.78, 5) is 17.1. The summed E-state index contributed by atoms with van der Waals surface area (Å²) in [6.45, 7) is 3.23. The summed E-state index contributed by atoms with van der Waals surface area (Å²) in [5, 5.41) is 3.34. The molecular weight excluding hydrogens is 418 g/mol. The van der Waals surface area contributed by atoms with Crippen LogP contribution in [-0.4, -0.2) is 54.1 Å². The van der Waals surface area contributed by atoms with Crippen LogP contribution in [0.25, 0.3) is 0 Å². The molecule has 3 aromatic rings. The van der Waals surface area contributed by atoms with E-state index in [9.17, 15) is 4.79 Å². The summed E-state index contributed by atoms with van der Waals surface area (Å²) in [5.74, 6) is 0.512. The summed E-state index contributed by atoms with van der Waals surface area (Å²) in [5.41, 5.74) is 3.12. The highest BCUT2D eigenvalue weighted by Crippen LogP contribution is 2.29. The number of methoxy groups -OCH3 is 1. The Morgan fingerprint density at radius 1 is 0.844 bits per heavy atom. The van der Waals surface area contributed by atoms with Crippen LogP contribution in [0.2, 0.25) is 0 Å². The zero-order valence-corrected chi connectivity index (χ0v) is 18.9. The molecule has 0 saturated carbocycles. The lowest BCUT2D eigenvalue weighted by Gasteiger charge is -2.40. The number of thiocarbonyl (C=S) groups is 1. The number of benzene rings is 3. The number of amides is 1. The molecule has 0 spiro atoms. The van der Waals surface area contributed by atoms with Crippen molar-refractivity contribution < 1.29 is 9.53 Å². The third kappa shape index (κ3) is 5.15. The third-order valence-corrected chi connectivity index (χ3v) is 6.13. The molecule has 1 aliphatic heterocycles. The Bertz CT molecular complexity index is 994. The highest BCUT2D eigenvalue weighted by molar-refractivity contribution is 7.80. The molecule has 0 unspecified atom stereocenters. The molecule has 4 rings (SSSR count). The zero-order chi connectivity index (χ0) is 22.3. The molecule has 1 N–H and O–H groups in total. The van der Waals surface area contributed by atoms with Gasteiger partial charge in [0.05, 0.1) is 13.2 Å². The van der Waals surface area contributed by atoms with Gasteiger partial charge in [-0.1, -0.05) is 60.7 Å². The van der Waals surface area contributed by atoms with E-state index in [0.717, 1.165) is 26.2 Å². The van der Waals surface area contributed by atoms with E-state index in [1.807, 2.05) is 12.1 Å². The van der Waals surface area contributed by atoms with Gasteiger partial charge in [0.25, 0.3) is 5.91 Å². The molecule has 1 aliphatic rings. The molecule has 164 valence electrons. The number of piperazine rings is 1. The molecule has 0 radical (unpaired) electrons. The highest BCUT2D eigenvalue weighted by Gasteiger charge is 2.27. The maximum Gasteiger partial charge on any atom is 0.257 e. The van der Waals surface area contributed by atoms with E-state index in [1.165, 1.54) is 11.1 Å². The number of nitrogens with zero attached hydrogens (tertiary/aromatic N) is 2. The Labute approximate surface area is 194 Å². The monoisotopic (exact) mass is 445 g/mol. The van der Waals surface area contributed by atoms with Crippen LogP contribution in [0.3, 0.4) is 0 Å². The molecule has 0 aromatic heterocycles. The van der Waals surface area contributed by atoms with E-state index < -0.39 is 0 Å². The highest BCUT2D eigenvalue weighted by atomic mass is 32.1. The van der Waals surface area contributed by atoms with E-state index in [-0.39, 0.29) is 11.9 Å². The largest absolute Gasteiger partial charge is 0.497 e. The second-order valence-electron chi connectivity index (χ2n) is 7.73. The number of hydrogen-bond donors (Lipinski definition) is 1. The molecule has 0 bridgehead atoms. The van der Waals surface area contributed by atoms with Crippen molar-refractivity contribution in [3.63, 3.8) is 0 Å². The quantitative estimate of drug-likeness (QED) is 0.599. The lowest BCUT2D eigenvalue weighted by atomic mass is 9.96. The van der Waals surface area contributed by atoms with Crippen molar-refractivity contribution >= 4 is 23.2 Å². The van der Waals surface area contributed by atoms with E-state index in [4.69, 9.17) is 17.0 Å². The predicted octanol–water partition coefficient (Wildman–Crippen LogP) is 4.12. The van der Waals surface area contributed by atoms with Crippen molar-refractivity contribution in [1.29, 1.82) is 0 Å². The van der Waals surface area contributed by atoms with Gasteiger partial charge in [-0.15, -0.1) is 0 Å². The van der Waals surface area contributed by atoms with Crippen molar-refractivity contribution in [3.05, 3.63) is 102 Å². The molecule has 6 heteroatoms. The van der Waals surface area contributed by atoms with Crippen molar-refractivity contribution in [1.82, 2.24) is 15.1 Å². The fraction of sp³-hybridized carbons (Fsp3) is 0.231. The van der Waals surface area contributed by atoms with Gasteiger partial charge in [0.15, 0.2) is 5.11 Å². The van der Waals surface area contributed by atoms with Gasteiger partial charge < -0.3 is 9.64 Å². The minimum atomic E-state index is -0.202. The Balaban J connectivity index is 1.39. The second-order valence-corrected chi connectivity index (χ2v) is 8.12. The molecule has 1 amide bonds. The summed E-state index contributed by atoms with van der Waals surface area (Å²) in [6.07, 6.45) is 0. The van der Waals surface area contributed by atoms with Crippen molar-refractivity contribution in [2.45, 2.75) is 6.04 Å². The maximum absolute atomic E-state index is 12.6. The minimum absolute atomic E-state index is 0.196. The Morgan fingerprint density at radius 2 is 1.38 bits per heavy atom. The Morgan fingerprint density at radius 3 is 1.88 bits per heavy atom. The third-order valence-electron chi connectivity index (χ3n) is 5.77. The number of nitrogens with one attached hydrogen (secondary N) is 1. The molecular formula is C26H27N3O2S. The van der Waals surface area contributed by atoms with Crippen LogP contribution in [-0.2, 0) is 0 Å². The van der Waals surface area contributed by atoms with Crippen LogP contribution in [0.5, 0.6) is 5.75 Å². The molecule has 0 atom stereocenters. The molecule has 32 heavy (non-hydrogen) atoms.